The van der Waals surface area contributed by atoms with E-state index in [0.29, 0.717) is 17.4 Å². The molecule has 1 aliphatic rings. The minimum atomic E-state index is -0.155. The van der Waals surface area contributed by atoms with Crippen LogP contribution >= 0.6 is 23.4 Å². The molecule has 25 heavy (non-hydrogen) atoms. The minimum Gasteiger partial charge on any atom is -0.396 e. The zero-order valence-electron chi connectivity index (χ0n) is 13.7. The van der Waals surface area contributed by atoms with Gasteiger partial charge in [-0.1, -0.05) is 23.4 Å². The van der Waals surface area contributed by atoms with E-state index in [1.165, 1.54) is 11.8 Å². The maximum absolute atomic E-state index is 9.56. The van der Waals surface area contributed by atoms with Gasteiger partial charge >= 0.3 is 0 Å². The first-order chi connectivity index (χ1) is 12.1. The molecule has 3 heterocycles. The fraction of sp³-hybridized carbons (Fsp3) is 0.438. The van der Waals surface area contributed by atoms with Gasteiger partial charge in [0, 0.05) is 36.1 Å². The highest BCUT2D eigenvalue weighted by Crippen LogP contribution is 2.35. The summed E-state index contributed by atoms with van der Waals surface area (Å²) in [4.78, 5) is 15.9. The molecular formula is C16H21ClN6OS. The van der Waals surface area contributed by atoms with Crippen molar-refractivity contribution < 1.29 is 5.11 Å². The molecule has 0 aliphatic carbocycles. The Labute approximate surface area is 155 Å². The quantitative estimate of drug-likeness (QED) is 0.719. The summed E-state index contributed by atoms with van der Waals surface area (Å²) in [5.74, 6) is 1.13. The number of hydrogen-bond acceptors (Lipinski definition) is 8. The first kappa shape index (κ1) is 18.2. The summed E-state index contributed by atoms with van der Waals surface area (Å²) in [6, 6.07) is 1.80. The van der Waals surface area contributed by atoms with Crippen molar-refractivity contribution in [2.24, 2.45) is 11.1 Å². The first-order valence-electron chi connectivity index (χ1n) is 8.03. The van der Waals surface area contributed by atoms with Crippen LogP contribution in [0, 0.1) is 5.41 Å². The lowest BCUT2D eigenvalue weighted by Gasteiger charge is -2.40. The van der Waals surface area contributed by atoms with Crippen LogP contribution in [0.2, 0.25) is 5.02 Å². The topological polar surface area (TPSA) is 114 Å². The maximum Gasteiger partial charge on any atom is 0.147 e. The van der Waals surface area contributed by atoms with E-state index < -0.39 is 0 Å². The molecule has 0 spiro atoms. The normalized spacial score (nSPS) is 16.8. The monoisotopic (exact) mass is 380 g/mol. The molecule has 0 radical (unpaired) electrons. The number of nitrogen functional groups attached to an aromatic ring is 1. The van der Waals surface area contributed by atoms with Gasteiger partial charge in [-0.25, -0.2) is 15.0 Å². The SMILES string of the molecule is NCC1(CO)CCN(c2cnc(Sc3ccnc(N)c3Cl)cn2)CC1. The highest BCUT2D eigenvalue weighted by Gasteiger charge is 2.33. The van der Waals surface area contributed by atoms with E-state index in [1.807, 2.05) is 0 Å². The Morgan fingerprint density at radius 1 is 1.24 bits per heavy atom. The number of halogens is 1. The smallest absolute Gasteiger partial charge is 0.147 e. The van der Waals surface area contributed by atoms with E-state index in [-0.39, 0.29) is 12.0 Å². The zero-order chi connectivity index (χ0) is 17.9. The summed E-state index contributed by atoms with van der Waals surface area (Å²) in [6.45, 7) is 2.26. The number of rotatable bonds is 5. The van der Waals surface area contributed by atoms with Crippen molar-refractivity contribution in [1.29, 1.82) is 0 Å². The summed E-state index contributed by atoms with van der Waals surface area (Å²) >= 11 is 7.55. The predicted octanol–water partition coefficient (Wildman–Crippen LogP) is 1.80. The third-order valence-corrected chi connectivity index (χ3v) is 6.12. The third-order valence-electron chi connectivity index (χ3n) is 4.63. The van der Waals surface area contributed by atoms with E-state index in [9.17, 15) is 5.11 Å². The van der Waals surface area contributed by atoms with Gasteiger partial charge in [-0.15, -0.1) is 0 Å². The number of anilines is 2. The van der Waals surface area contributed by atoms with Gasteiger partial charge in [0.15, 0.2) is 0 Å². The Morgan fingerprint density at radius 2 is 2.00 bits per heavy atom. The Bertz CT molecular complexity index is 715. The molecule has 1 saturated heterocycles. The van der Waals surface area contributed by atoms with E-state index in [0.717, 1.165) is 41.7 Å². The molecule has 1 fully saturated rings. The van der Waals surface area contributed by atoms with Crippen molar-refractivity contribution >= 4 is 35.0 Å². The van der Waals surface area contributed by atoms with Gasteiger partial charge in [0.1, 0.15) is 16.7 Å². The summed E-state index contributed by atoms with van der Waals surface area (Å²) in [5, 5.41) is 10.7. The molecule has 2 aromatic heterocycles. The number of pyridine rings is 1. The number of piperidine rings is 1. The van der Waals surface area contributed by atoms with Crippen LogP contribution in [0.3, 0.4) is 0 Å². The second-order valence-electron chi connectivity index (χ2n) is 6.17. The molecule has 0 atom stereocenters. The van der Waals surface area contributed by atoms with Crippen LogP contribution in [0.5, 0.6) is 0 Å². The molecule has 1 aliphatic heterocycles. The number of nitrogens with zero attached hydrogens (tertiary/aromatic N) is 4. The highest BCUT2D eigenvalue weighted by molar-refractivity contribution is 7.99. The minimum absolute atomic E-state index is 0.133. The number of hydrogen-bond donors (Lipinski definition) is 3. The van der Waals surface area contributed by atoms with Crippen LogP contribution < -0.4 is 16.4 Å². The third kappa shape index (κ3) is 3.98. The predicted molar refractivity (Wildman–Crippen MR) is 99.8 cm³/mol. The molecule has 134 valence electrons. The van der Waals surface area contributed by atoms with Crippen molar-refractivity contribution in [1.82, 2.24) is 15.0 Å². The van der Waals surface area contributed by atoms with Crippen LogP contribution in [0.25, 0.3) is 0 Å². The van der Waals surface area contributed by atoms with E-state index in [1.54, 1.807) is 24.7 Å². The van der Waals surface area contributed by atoms with Crippen molar-refractivity contribution in [3.63, 3.8) is 0 Å². The zero-order valence-corrected chi connectivity index (χ0v) is 15.3. The fourth-order valence-electron chi connectivity index (χ4n) is 2.80. The Hall–Kier alpha value is -1.61. The van der Waals surface area contributed by atoms with E-state index in [4.69, 9.17) is 23.1 Å². The van der Waals surface area contributed by atoms with Gasteiger partial charge in [0.05, 0.1) is 24.0 Å². The van der Waals surface area contributed by atoms with Crippen molar-refractivity contribution in [2.45, 2.75) is 22.8 Å². The van der Waals surface area contributed by atoms with Crippen molar-refractivity contribution in [2.75, 3.05) is 36.9 Å². The largest absolute Gasteiger partial charge is 0.396 e. The van der Waals surface area contributed by atoms with Gasteiger partial charge in [0.2, 0.25) is 0 Å². The number of aliphatic hydroxyl groups is 1. The average molecular weight is 381 g/mol. The molecular weight excluding hydrogens is 360 g/mol. The van der Waals surface area contributed by atoms with Crippen LogP contribution in [0.1, 0.15) is 12.8 Å². The Balaban J connectivity index is 1.66. The summed E-state index contributed by atoms with van der Waals surface area (Å²) in [5.41, 5.74) is 11.4. The molecule has 2 aromatic rings. The van der Waals surface area contributed by atoms with Gasteiger partial charge in [-0.05, 0) is 18.9 Å². The van der Waals surface area contributed by atoms with E-state index in [2.05, 4.69) is 19.9 Å². The standard InChI is InChI=1S/C16H21ClN6OS/c17-14-11(1-4-20-15(14)19)25-13-8-21-12(7-22-13)23-5-2-16(9-18,10-24)3-6-23/h1,4,7-8,24H,2-3,5-6,9-10,18H2,(H2,19,20). The van der Waals surface area contributed by atoms with Crippen molar-refractivity contribution in [3.8, 4) is 0 Å². The molecule has 9 heteroatoms. The van der Waals surface area contributed by atoms with Gasteiger partial charge in [0.25, 0.3) is 0 Å². The van der Waals surface area contributed by atoms with E-state index >= 15 is 0 Å². The van der Waals surface area contributed by atoms with Crippen LogP contribution in [0.15, 0.2) is 34.6 Å². The number of aromatic nitrogens is 3. The second kappa shape index (κ2) is 7.74. The van der Waals surface area contributed by atoms with Gasteiger partial charge in [-0.2, -0.15) is 0 Å². The molecule has 0 bridgehead atoms. The van der Waals surface area contributed by atoms with Crippen LogP contribution in [-0.4, -0.2) is 46.3 Å². The van der Waals surface area contributed by atoms with Crippen LogP contribution in [0.4, 0.5) is 11.6 Å². The average Bonchev–Trinajstić information content (AvgIpc) is 2.66. The Morgan fingerprint density at radius 3 is 2.60 bits per heavy atom. The lowest BCUT2D eigenvalue weighted by Crippen LogP contribution is -2.46. The van der Waals surface area contributed by atoms with Crippen LogP contribution in [-0.2, 0) is 0 Å². The molecule has 0 unspecified atom stereocenters. The molecule has 5 N–H and O–H groups in total. The van der Waals surface area contributed by atoms with Gasteiger partial charge < -0.3 is 21.5 Å². The molecule has 0 saturated carbocycles. The molecule has 0 amide bonds. The maximum atomic E-state index is 9.56. The summed E-state index contributed by atoms with van der Waals surface area (Å²) in [6.07, 6.45) is 6.80. The second-order valence-corrected chi connectivity index (χ2v) is 7.61. The lowest BCUT2D eigenvalue weighted by atomic mass is 9.79. The Kier molecular flexibility index (Phi) is 5.63. The van der Waals surface area contributed by atoms with Gasteiger partial charge in [-0.3, -0.25) is 0 Å². The first-order valence-corrected chi connectivity index (χ1v) is 9.22. The van der Waals surface area contributed by atoms with Crippen molar-refractivity contribution in [3.05, 3.63) is 29.7 Å². The summed E-state index contributed by atoms with van der Waals surface area (Å²) < 4.78 is 0. The summed E-state index contributed by atoms with van der Waals surface area (Å²) in [7, 11) is 0. The molecule has 7 nitrogen and oxygen atoms in total. The lowest BCUT2D eigenvalue weighted by molar-refractivity contribution is 0.104. The number of nitrogens with two attached hydrogens (primary N) is 2. The fourth-order valence-corrected chi connectivity index (χ4v) is 3.78. The highest BCUT2D eigenvalue weighted by atomic mass is 35.5. The molecule has 3 rings (SSSR count). The number of aliphatic hydroxyl groups excluding tert-OH is 1. The molecule has 0 aromatic carbocycles.